The van der Waals surface area contributed by atoms with Gasteiger partial charge in [0, 0.05) is 13.1 Å². The molecule has 0 amide bonds. The lowest BCUT2D eigenvalue weighted by molar-refractivity contribution is 0.277. The van der Waals surface area contributed by atoms with Crippen LogP contribution in [0, 0.1) is 5.41 Å². The van der Waals surface area contributed by atoms with E-state index in [2.05, 4.69) is 34.1 Å². The first-order chi connectivity index (χ1) is 8.57. The lowest BCUT2D eigenvalue weighted by atomic mass is 9.83. The Hall–Kier alpha value is -1.56. The highest BCUT2D eigenvalue weighted by atomic mass is 16.5. The summed E-state index contributed by atoms with van der Waals surface area (Å²) in [4.78, 5) is 10.6. The van der Waals surface area contributed by atoms with E-state index in [1.807, 2.05) is 0 Å². The van der Waals surface area contributed by atoms with Crippen LogP contribution < -0.4 is 20.9 Å². The monoisotopic (exact) mass is 251 g/mol. The van der Waals surface area contributed by atoms with Gasteiger partial charge in [-0.05, 0) is 18.3 Å². The van der Waals surface area contributed by atoms with Crippen molar-refractivity contribution in [1.82, 2.24) is 9.97 Å². The van der Waals surface area contributed by atoms with Crippen molar-refractivity contribution in [1.29, 1.82) is 0 Å². The molecule has 0 aromatic carbocycles. The Morgan fingerprint density at radius 3 is 2.56 bits per heavy atom. The van der Waals surface area contributed by atoms with Crippen molar-refractivity contribution >= 4 is 11.6 Å². The first kappa shape index (κ1) is 12.9. The second-order valence-electron chi connectivity index (χ2n) is 5.37. The fraction of sp³-hybridized carbons (Fsp3) is 0.667. The highest BCUT2D eigenvalue weighted by molar-refractivity contribution is 5.64. The molecule has 6 heteroatoms. The fourth-order valence-corrected chi connectivity index (χ4v) is 2.20. The molecule has 1 aliphatic heterocycles. The van der Waals surface area contributed by atoms with E-state index in [0.717, 1.165) is 31.7 Å². The summed E-state index contributed by atoms with van der Waals surface area (Å²) >= 11 is 0. The van der Waals surface area contributed by atoms with Crippen molar-refractivity contribution in [2.75, 3.05) is 30.5 Å². The molecular formula is C12H21N5O. The third-order valence-electron chi connectivity index (χ3n) is 3.54. The summed E-state index contributed by atoms with van der Waals surface area (Å²) in [5.41, 5.74) is 2.95. The first-order valence-corrected chi connectivity index (χ1v) is 6.18. The molecule has 0 saturated carbocycles. The minimum Gasteiger partial charge on any atom is -0.490 e. The number of hydrogen-bond donors (Lipinski definition) is 2. The molecule has 18 heavy (non-hydrogen) atoms. The van der Waals surface area contributed by atoms with E-state index in [-0.39, 0.29) is 0 Å². The van der Waals surface area contributed by atoms with Gasteiger partial charge in [-0.3, -0.25) is 0 Å². The van der Waals surface area contributed by atoms with Crippen LogP contribution in [0.3, 0.4) is 0 Å². The fourth-order valence-electron chi connectivity index (χ4n) is 2.20. The van der Waals surface area contributed by atoms with Gasteiger partial charge in [0.1, 0.15) is 6.33 Å². The molecule has 100 valence electrons. The summed E-state index contributed by atoms with van der Waals surface area (Å²) in [5.74, 6) is 7.38. The standard InChI is InChI=1S/C12H21N5O/c1-12(2)4-6-17(7-5-12)11-9(18-3)10(16-13)14-8-15-11/h8H,4-7,13H2,1-3H3,(H,14,15,16). The van der Waals surface area contributed by atoms with Crippen LogP contribution >= 0.6 is 0 Å². The van der Waals surface area contributed by atoms with Gasteiger partial charge in [-0.25, -0.2) is 15.8 Å². The minimum atomic E-state index is 0.408. The normalized spacial score (nSPS) is 18.6. The number of nitrogens with one attached hydrogen (secondary N) is 1. The SMILES string of the molecule is COc1c(NN)ncnc1N1CCC(C)(C)CC1. The number of hydrazine groups is 1. The van der Waals surface area contributed by atoms with E-state index in [1.54, 1.807) is 7.11 Å². The van der Waals surface area contributed by atoms with Gasteiger partial charge in [0.25, 0.3) is 0 Å². The van der Waals surface area contributed by atoms with Crippen molar-refractivity contribution in [3.63, 3.8) is 0 Å². The number of anilines is 2. The largest absolute Gasteiger partial charge is 0.490 e. The van der Waals surface area contributed by atoms with Gasteiger partial charge in [-0.15, -0.1) is 0 Å². The van der Waals surface area contributed by atoms with E-state index in [4.69, 9.17) is 10.6 Å². The number of nitrogen functional groups attached to an aromatic ring is 1. The molecule has 0 radical (unpaired) electrons. The van der Waals surface area contributed by atoms with Gasteiger partial charge in [0.05, 0.1) is 7.11 Å². The molecule has 1 aliphatic rings. The van der Waals surface area contributed by atoms with Crippen LogP contribution in [0.1, 0.15) is 26.7 Å². The maximum Gasteiger partial charge on any atom is 0.205 e. The third-order valence-corrected chi connectivity index (χ3v) is 3.54. The van der Waals surface area contributed by atoms with Gasteiger partial charge in [0.15, 0.2) is 11.6 Å². The van der Waals surface area contributed by atoms with Gasteiger partial charge >= 0.3 is 0 Å². The molecule has 2 heterocycles. The number of piperidine rings is 1. The summed E-state index contributed by atoms with van der Waals surface area (Å²) in [6.07, 6.45) is 3.80. The summed E-state index contributed by atoms with van der Waals surface area (Å²) < 4.78 is 5.36. The number of rotatable bonds is 3. The summed E-state index contributed by atoms with van der Waals surface area (Å²) in [6, 6.07) is 0. The molecule has 0 unspecified atom stereocenters. The van der Waals surface area contributed by atoms with E-state index in [0.29, 0.717) is 17.0 Å². The van der Waals surface area contributed by atoms with Crippen LogP contribution in [0.5, 0.6) is 5.75 Å². The average molecular weight is 251 g/mol. The number of nitrogens with zero attached hydrogens (tertiary/aromatic N) is 3. The minimum absolute atomic E-state index is 0.408. The lowest BCUT2D eigenvalue weighted by Gasteiger charge is -2.37. The predicted octanol–water partition coefficient (Wildman–Crippen LogP) is 1.40. The Bertz CT molecular complexity index is 411. The Labute approximate surface area is 108 Å². The van der Waals surface area contributed by atoms with Gasteiger partial charge in [0.2, 0.25) is 5.75 Å². The van der Waals surface area contributed by atoms with Crippen LogP contribution in [0.4, 0.5) is 11.6 Å². The Morgan fingerprint density at radius 1 is 1.33 bits per heavy atom. The van der Waals surface area contributed by atoms with Crippen molar-refractivity contribution < 1.29 is 4.74 Å². The maximum atomic E-state index is 5.43. The molecule has 1 aromatic heterocycles. The van der Waals surface area contributed by atoms with Gasteiger partial charge in [-0.2, -0.15) is 0 Å². The smallest absolute Gasteiger partial charge is 0.205 e. The molecule has 1 fully saturated rings. The quantitative estimate of drug-likeness (QED) is 0.624. The van der Waals surface area contributed by atoms with Crippen molar-refractivity contribution in [3.05, 3.63) is 6.33 Å². The van der Waals surface area contributed by atoms with Gasteiger partial charge in [-0.1, -0.05) is 13.8 Å². The molecule has 0 atom stereocenters. The number of methoxy groups -OCH3 is 1. The number of aromatic nitrogens is 2. The van der Waals surface area contributed by atoms with E-state index in [9.17, 15) is 0 Å². The number of hydrogen-bond acceptors (Lipinski definition) is 6. The summed E-state index contributed by atoms with van der Waals surface area (Å²) in [6.45, 7) is 6.55. The lowest BCUT2D eigenvalue weighted by Crippen LogP contribution is -2.38. The topological polar surface area (TPSA) is 76.3 Å². The summed E-state index contributed by atoms with van der Waals surface area (Å²) in [5, 5.41) is 0. The number of nitrogens with two attached hydrogens (primary N) is 1. The molecule has 0 bridgehead atoms. The van der Waals surface area contributed by atoms with Crippen molar-refractivity contribution in [2.45, 2.75) is 26.7 Å². The zero-order valence-corrected chi connectivity index (χ0v) is 11.2. The molecule has 0 aliphatic carbocycles. The second kappa shape index (κ2) is 4.97. The summed E-state index contributed by atoms with van der Waals surface area (Å²) in [7, 11) is 1.61. The zero-order chi connectivity index (χ0) is 13.2. The second-order valence-corrected chi connectivity index (χ2v) is 5.37. The molecule has 1 aromatic rings. The Balaban J connectivity index is 2.23. The van der Waals surface area contributed by atoms with Crippen LogP contribution in [0.25, 0.3) is 0 Å². The van der Waals surface area contributed by atoms with E-state index in [1.165, 1.54) is 6.33 Å². The molecule has 6 nitrogen and oxygen atoms in total. The highest BCUT2D eigenvalue weighted by Gasteiger charge is 2.28. The van der Waals surface area contributed by atoms with Crippen LogP contribution in [-0.2, 0) is 0 Å². The Morgan fingerprint density at radius 2 is 2.00 bits per heavy atom. The maximum absolute atomic E-state index is 5.43. The molecule has 0 spiro atoms. The zero-order valence-electron chi connectivity index (χ0n) is 11.2. The third kappa shape index (κ3) is 2.48. The molecular weight excluding hydrogens is 230 g/mol. The van der Waals surface area contributed by atoms with E-state index < -0.39 is 0 Å². The average Bonchev–Trinajstić information content (AvgIpc) is 2.37. The predicted molar refractivity (Wildman–Crippen MR) is 71.6 cm³/mol. The number of ether oxygens (including phenoxy) is 1. The molecule has 2 rings (SSSR count). The van der Waals surface area contributed by atoms with Crippen molar-refractivity contribution in [2.24, 2.45) is 11.3 Å². The van der Waals surface area contributed by atoms with E-state index >= 15 is 0 Å². The van der Waals surface area contributed by atoms with Crippen molar-refractivity contribution in [3.8, 4) is 5.75 Å². The van der Waals surface area contributed by atoms with Gasteiger partial charge < -0.3 is 15.1 Å². The highest BCUT2D eigenvalue weighted by Crippen LogP contribution is 2.36. The van der Waals surface area contributed by atoms with Crippen LogP contribution in [0.2, 0.25) is 0 Å². The van der Waals surface area contributed by atoms with Crippen LogP contribution in [-0.4, -0.2) is 30.2 Å². The first-order valence-electron chi connectivity index (χ1n) is 6.18. The molecule has 1 saturated heterocycles. The Kier molecular flexibility index (Phi) is 3.56. The van der Waals surface area contributed by atoms with Crippen LogP contribution in [0.15, 0.2) is 6.33 Å². The molecule has 3 N–H and O–H groups in total.